The summed E-state index contributed by atoms with van der Waals surface area (Å²) in [4.78, 5) is 0. The standard InChI is InChI=1S/C14H21N/c1-11-5-3-8-14(2)12(11)7-10-15-9-4-6-13(14)15/h4,6,9,11-12H,3,5,7-8,10H2,1-2H3/t11-,12+,14+/m1/s1. The fraction of sp³-hybridized carbons (Fsp3) is 0.714. The summed E-state index contributed by atoms with van der Waals surface area (Å²) < 4.78 is 2.48. The van der Waals surface area contributed by atoms with E-state index in [9.17, 15) is 0 Å². The number of rotatable bonds is 0. The van der Waals surface area contributed by atoms with Crippen molar-refractivity contribution in [3.8, 4) is 0 Å². The third kappa shape index (κ3) is 1.22. The van der Waals surface area contributed by atoms with Gasteiger partial charge in [-0.05, 0) is 36.8 Å². The van der Waals surface area contributed by atoms with Gasteiger partial charge in [0, 0.05) is 23.9 Å². The fourth-order valence-corrected chi connectivity index (χ4v) is 4.13. The highest BCUT2D eigenvalue weighted by Crippen LogP contribution is 2.50. The molecule has 0 amide bonds. The molecule has 1 aromatic heterocycles. The summed E-state index contributed by atoms with van der Waals surface area (Å²) in [5.74, 6) is 1.85. The number of aryl methyl sites for hydroxylation is 1. The molecule has 0 bridgehead atoms. The maximum atomic E-state index is 2.50. The van der Waals surface area contributed by atoms with E-state index >= 15 is 0 Å². The average molecular weight is 203 g/mol. The van der Waals surface area contributed by atoms with Crippen LogP contribution >= 0.6 is 0 Å². The molecule has 1 aromatic rings. The number of aromatic nitrogens is 1. The van der Waals surface area contributed by atoms with Crippen LogP contribution in [-0.2, 0) is 12.0 Å². The quantitative estimate of drug-likeness (QED) is 0.607. The van der Waals surface area contributed by atoms with Gasteiger partial charge in [0.25, 0.3) is 0 Å². The molecule has 3 rings (SSSR count). The molecule has 2 heterocycles. The van der Waals surface area contributed by atoms with E-state index in [2.05, 4.69) is 36.7 Å². The Kier molecular flexibility index (Phi) is 1.99. The third-order valence-electron chi connectivity index (χ3n) is 4.96. The van der Waals surface area contributed by atoms with Crippen LogP contribution in [0.3, 0.4) is 0 Å². The lowest BCUT2D eigenvalue weighted by molar-refractivity contribution is 0.0969. The molecule has 1 fully saturated rings. The van der Waals surface area contributed by atoms with E-state index in [1.807, 2.05) is 0 Å². The smallest absolute Gasteiger partial charge is 0.0237 e. The van der Waals surface area contributed by atoms with Gasteiger partial charge in [-0.15, -0.1) is 0 Å². The largest absolute Gasteiger partial charge is 0.351 e. The SMILES string of the molecule is C[C@@H]1CCC[C@]2(C)c3cccn3CC[C@@H]12. The Balaban J connectivity index is 2.07. The van der Waals surface area contributed by atoms with Crippen LogP contribution in [0.1, 0.15) is 45.2 Å². The Hall–Kier alpha value is -0.720. The molecule has 1 saturated carbocycles. The summed E-state index contributed by atoms with van der Waals surface area (Å²) >= 11 is 0. The van der Waals surface area contributed by atoms with Gasteiger partial charge in [-0.2, -0.15) is 0 Å². The van der Waals surface area contributed by atoms with Gasteiger partial charge in [0.1, 0.15) is 0 Å². The lowest BCUT2D eigenvalue weighted by Gasteiger charge is -2.49. The van der Waals surface area contributed by atoms with E-state index in [0.29, 0.717) is 5.41 Å². The van der Waals surface area contributed by atoms with Crippen molar-refractivity contribution in [1.82, 2.24) is 4.57 Å². The topological polar surface area (TPSA) is 4.93 Å². The van der Waals surface area contributed by atoms with Crippen molar-refractivity contribution in [2.75, 3.05) is 0 Å². The van der Waals surface area contributed by atoms with Crippen LogP contribution in [0.15, 0.2) is 18.3 Å². The lowest BCUT2D eigenvalue weighted by Crippen LogP contribution is -2.44. The zero-order chi connectivity index (χ0) is 10.5. The molecule has 0 radical (unpaired) electrons. The molecular weight excluding hydrogens is 182 g/mol. The Bertz CT molecular complexity index is 365. The van der Waals surface area contributed by atoms with E-state index < -0.39 is 0 Å². The zero-order valence-corrected chi connectivity index (χ0v) is 9.87. The minimum absolute atomic E-state index is 0.472. The summed E-state index contributed by atoms with van der Waals surface area (Å²) in [6.45, 7) is 6.20. The molecule has 2 aliphatic rings. The monoisotopic (exact) mass is 203 g/mol. The lowest BCUT2D eigenvalue weighted by atomic mass is 9.59. The van der Waals surface area contributed by atoms with Crippen LogP contribution in [0.5, 0.6) is 0 Å². The predicted molar refractivity (Wildman–Crippen MR) is 62.9 cm³/mol. The first-order valence-corrected chi connectivity index (χ1v) is 6.37. The van der Waals surface area contributed by atoms with Crippen molar-refractivity contribution in [3.05, 3.63) is 24.0 Å². The summed E-state index contributed by atoms with van der Waals surface area (Å²) in [7, 11) is 0. The maximum Gasteiger partial charge on any atom is 0.0237 e. The fourth-order valence-electron chi connectivity index (χ4n) is 4.13. The van der Waals surface area contributed by atoms with Gasteiger partial charge in [0.15, 0.2) is 0 Å². The molecule has 1 heteroatoms. The Labute approximate surface area is 92.5 Å². The van der Waals surface area contributed by atoms with Crippen molar-refractivity contribution < 1.29 is 0 Å². The normalized spacial score (nSPS) is 39.6. The van der Waals surface area contributed by atoms with E-state index in [1.165, 1.54) is 32.2 Å². The first-order valence-electron chi connectivity index (χ1n) is 6.37. The molecule has 1 aliphatic carbocycles. The molecule has 0 aromatic carbocycles. The zero-order valence-electron chi connectivity index (χ0n) is 9.87. The van der Waals surface area contributed by atoms with Crippen LogP contribution in [0.4, 0.5) is 0 Å². The summed E-state index contributed by atoms with van der Waals surface area (Å²) in [6, 6.07) is 4.58. The summed E-state index contributed by atoms with van der Waals surface area (Å²) in [5.41, 5.74) is 2.07. The number of fused-ring (bicyclic) bond motifs is 3. The second-order valence-electron chi connectivity index (χ2n) is 5.77. The Morgan fingerprint density at radius 3 is 3.13 bits per heavy atom. The molecule has 0 spiro atoms. The van der Waals surface area contributed by atoms with E-state index in [1.54, 1.807) is 5.69 Å². The Morgan fingerprint density at radius 2 is 2.27 bits per heavy atom. The van der Waals surface area contributed by atoms with Crippen molar-refractivity contribution in [1.29, 1.82) is 0 Å². The van der Waals surface area contributed by atoms with Crippen molar-refractivity contribution in [3.63, 3.8) is 0 Å². The van der Waals surface area contributed by atoms with Crippen LogP contribution in [-0.4, -0.2) is 4.57 Å². The average Bonchev–Trinajstić information content (AvgIpc) is 2.66. The molecule has 82 valence electrons. The van der Waals surface area contributed by atoms with Gasteiger partial charge in [-0.1, -0.05) is 26.7 Å². The van der Waals surface area contributed by atoms with Crippen molar-refractivity contribution in [2.24, 2.45) is 11.8 Å². The molecule has 1 aliphatic heterocycles. The van der Waals surface area contributed by atoms with Gasteiger partial charge < -0.3 is 4.57 Å². The molecular formula is C14H21N. The van der Waals surface area contributed by atoms with Crippen LogP contribution in [0.2, 0.25) is 0 Å². The maximum absolute atomic E-state index is 2.50. The molecule has 3 atom stereocenters. The van der Waals surface area contributed by atoms with Gasteiger partial charge >= 0.3 is 0 Å². The molecule has 0 saturated heterocycles. The number of hydrogen-bond donors (Lipinski definition) is 0. The molecule has 15 heavy (non-hydrogen) atoms. The highest BCUT2D eigenvalue weighted by atomic mass is 15.0. The van der Waals surface area contributed by atoms with Gasteiger partial charge in [0.05, 0.1) is 0 Å². The highest BCUT2D eigenvalue weighted by Gasteiger charge is 2.44. The van der Waals surface area contributed by atoms with Crippen LogP contribution in [0, 0.1) is 11.8 Å². The summed E-state index contributed by atoms with van der Waals surface area (Å²) in [5, 5.41) is 0. The van der Waals surface area contributed by atoms with Gasteiger partial charge in [-0.25, -0.2) is 0 Å². The Morgan fingerprint density at radius 1 is 1.40 bits per heavy atom. The van der Waals surface area contributed by atoms with E-state index in [4.69, 9.17) is 0 Å². The van der Waals surface area contributed by atoms with Crippen LogP contribution < -0.4 is 0 Å². The first kappa shape index (κ1) is 9.50. The third-order valence-corrected chi connectivity index (χ3v) is 4.96. The van der Waals surface area contributed by atoms with E-state index in [-0.39, 0.29) is 0 Å². The first-order chi connectivity index (χ1) is 7.22. The highest BCUT2D eigenvalue weighted by molar-refractivity contribution is 5.23. The molecule has 0 unspecified atom stereocenters. The predicted octanol–water partition coefficient (Wildman–Crippen LogP) is 3.59. The van der Waals surface area contributed by atoms with Crippen LogP contribution in [0.25, 0.3) is 0 Å². The van der Waals surface area contributed by atoms with Crippen molar-refractivity contribution >= 4 is 0 Å². The molecule has 0 N–H and O–H groups in total. The number of hydrogen-bond acceptors (Lipinski definition) is 0. The van der Waals surface area contributed by atoms with Crippen molar-refractivity contribution in [2.45, 2.75) is 51.5 Å². The van der Waals surface area contributed by atoms with Gasteiger partial charge in [0.2, 0.25) is 0 Å². The minimum Gasteiger partial charge on any atom is -0.351 e. The minimum atomic E-state index is 0.472. The van der Waals surface area contributed by atoms with E-state index in [0.717, 1.165) is 11.8 Å². The number of nitrogens with zero attached hydrogens (tertiary/aromatic N) is 1. The summed E-state index contributed by atoms with van der Waals surface area (Å²) in [6.07, 6.45) is 7.90. The second-order valence-corrected chi connectivity index (χ2v) is 5.77. The van der Waals surface area contributed by atoms with Gasteiger partial charge in [-0.3, -0.25) is 0 Å². The second kappa shape index (κ2) is 3.13. The molecule has 1 nitrogen and oxygen atoms in total.